The highest BCUT2D eigenvalue weighted by atomic mass is 15.1. The topological polar surface area (TPSA) is 68.5 Å². The van der Waals surface area contributed by atoms with Gasteiger partial charge in [0.1, 0.15) is 18.0 Å². The van der Waals surface area contributed by atoms with E-state index >= 15 is 0 Å². The number of fused-ring (bicyclic) bond motifs is 1. The normalized spacial score (nSPS) is 10.9. The number of imidazole rings is 1. The third-order valence-corrected chi connectivity index (χ3v) is 4.05. The Labute approximate surface area is 145 Å². The minimum absolute atomic E-state index is 0.820. The number of aromatic nitrogens is 5. The maximum absolute atomic E-state index is 4.48. The van der Waals surface area contributed by atoms with Crippen LogP contribution < -0.4 is 5.32 Å². The third-order valence-electron chi connectivity index (χ3n) is 4.05. The second-order valence-electron chi connectivity index (χ2n) is 5.71. The number of pyridine rings is 1. The van der Waals surface area contributed by atoms with Crippen LogP contribution in [0.25, 0.3) is 22.3 Å². The van der Waals surface area contributed by atoms with Gasteiger partial charge >= 0.3 is 0 Å². The summed E-state index contributed by atoms with van der Waals surface area (Å²) >= 11 is 0. The van der Waals surface area contributed by atoms with Gasteiger partial charge in [0.15, 0.2) is 0 Å². The largest absolute Gasteiger partial charge is 0.369 e. The van der Waals surface area contributed by atoms with Gasteiger partial charge in [0, 0.05) is 42.6 Å². The molecule has 124 valence electrons. The van der Waals surface area contributed by atoms with Gasteiger partial charge in [-0.25, -0.2) is 15.0 Å². The first-order valence-corrected chi connectivity index (χ1v) is 8.27. The minimum Gasteiger partial charge on any atom is -0.369 e. The van der Waals surface area contributed by atoms with Crippen LogP contribution in [0.1, 0.15) is 6.42 Å². The number of hydrogen-bond donors (Lipinski definition) is 1. The second-order valence-corrected chi connectivity index (χ2v) is 5.71. The van der Waals surface area contributed by atoms with E-state index in [4.69, 9.17) is 0 Å². The zero-order valence-electron chi connectivity index (χ0n) is 13.7. The van der Waals surface area contributed by atoms with Crippen molar-refractivity contribution in [3.8, 4) is 11.4 Å². The first kappa shape index (κ1) is 15.3. The lowest BCUT2D eigenvalue weighted by atomic mass is 10.2. The number of rotatable bonds is 6. The van der Waals surface area contributed by atoms with Crippen LogP contribution in [0.2, 0.25) is 0 Å². The van der Waals surface area contributed by atoms with Crippen molar-refractivity contribution in [2.45, 2.75) is 13.0 Å². The molecular weight excluding hydrogens is 312 g/mol. The SMILES string of the molecule is c1ccc(-c2nccn2CCCNc2ncnc3cnccc23)cc1. The number of benzene rings is 1. The first-order chi connectivity index (χ1) is 12.4. The molecule has 0 aliphatic carbocycles. The van der Waals surface area contributed by atoms with Gasteiger partial charge < -0.3 is 9.88 Å². The van der Waals surface area contributed by atoms with Crippen LogP contribution >= 0.6 is 0 Å². The predicted molar refractivity (Wildman–Crippen MR) is 98.1 cm³/mol. The molecule has 1 aromatic carbocycles. The maximum atomic E-state index is 4.48. The molecule has 3 heterocycles. The monoisotopic (exact) mass is 330 g/mol. The Morgan fingerprint density at radius 3 is 2.80 bits per heavy atom. The van der Waals surface area contributed by atoms with E-state index in [9.17, 15) is 0 Å². The van der Waals surface area contributed by atoms with Gasteiger partial charge in [-0.2, -0.15) is 0 Å². The lowest BCUT2D eigenvalue weighted by Crippen LogP contribution is -2.08. The molecule has 0 atom stereocenters. The van der Waals surface area contributed by atoms with E-state index in [1.165, 1.54) is 0 Å². The Bertz CT molecular complexity index is 958. The summed E-state index contributed by atoms with van der Waals surface area (Å²) in [6, 6.07) is 12.2. The molecule has 0 aliphatic rings. The van der Waals surface area contributed by atoms with Gasteiger partial charge in [-0.05, 0) is 12.5 Å². The number of nitrogens with one attached hydrogen (secondary N) is 1. The van der Waals surface area contributed by atoms with Gasteiger partial charge in [-0.3, -0.25) is 4.98 Å². The fourth-order valence-electron chi connectivity index (χ4n) is 2.84. The molecule has 0 saturated carbocycles. The van der Waals surface area contributed by atoms with Gasteiger partial charge in [0.2, 0.25) is 0 Å². The van der Waals surface area contributed by atoms with Gasteiger partial charge in [-0.1, -0.05) is 30.3 Å². The summed E-state index contributed by atoms with van der Waals surface area (Å²) in [5.74, 6) is 1.85. The summed E-state index contributed by atoms with van der Waals surface area (Å²) in [7, 11) is 0. The molecule has 25 heavy (non-hydrogen) atoms. The van der Waals surface area contributed by atoms with E-state index in [2.05, 4.69) is 42.0 Å². The molecule has 4 aromatic rings. The summed E-state index contributed by atoms with van der Waals surface area (Å²) in [6.45, 7) is 1.71. The van der Waals surface area contributed by atoms with Crippen LogP contribution in [0.5, 0.6) is 0 Å². The van der Waals surface area contributed by atoms with Crippen LogP contribution in [0.3, 0.4) is 0 Å². The van der Waals surface area contributed by atoms with Crippen molar-refractivity contribution >= 4 is 16.7 Å². The second kappa shape index (κ2) is 7.09. The van der Waals surface area contributed by atoms with E-state index in [0.29, 0.717) is 0 Å². The Morgan fingerprint density at radius 1 is 0.960 bits per heavy atom. The van der Waals surface area contributed by atoms with Crippen LogP contribution in [-0.2, 0) is 6.54 Å². The molecule has 0 aliphatic heterocycles. The summed E-state index contributed by atoms with van der Waals surface area (Å²) in [5, 5.41) is 4.39. The van der Waals surface area contributed by atoms with Crippen molar-refractivity contribution in [2.75, 3.05) is 11.9 Å². The lowest BCUT2D eigenvalue weighted by molar-refractivity contribution is 0.666. The summed E-state index contributed by atoms with van der Waals surface area (Å²) < 4.78 is 2.18. The number of aryl methyl sites for hydroxylation is 1. The van der Waals surface area contributed by atoms with Gasteiger partial charge in [-0.15, -0.1) is 0 Å². The van der Waals surface area contributed by atoms with E-state index in [1.54, 1.807) is 18.7 Å². The van der Waals surface area contributed by atoms with Crippen LogP contribution in [0, 0.1) is 0 Å². The fourth-order valence-corrected chi connectivity index (χ4v) is 2.84. The molecule has 0 fully saturated rings. The summed E-state index contributed by atoms with van der Waals surface area (Å²) in [6.07, 6.45) is 9.91. The van der Waals surface area contributed by atoms with Crippen LogP contribution in [0.4, 0.5) is 5.82 Å². The molecule has 0 amide bonds. The zero-order chi connectivity index (χ0) is 16.9. The summed E-state index contributed by atoms with van der Waals surface area (Å²) in [5.41, 5.74) is 1.98. The molecular formula is C19H18N6. The molecule has 4 rings (SSSR count). The molecule has 0 spiro atoms. The predicted octanol–water partition coefficient (Wildman–Crippen LogP) is 3.39. The standard InChI is InChI=1S/C19H18N6/c1-2-5-15(6-3-1)19-22-10-12-25(19)11-4-8-21-18-16-7-9-20-13-17(16)23-14-24-18/h1-3,5-7,9-10,12-14H,4,8,11H2,(H,21,23,24). The molecule has 0 saturated heterocycles. The van der Waals surface area contributed by atoms with Gasteiger partial charge in [0.05, 0.1) is 11.7 Å². The quantitative estimate of drug-likeness (QED) is 0.549. The van der Waals surface area contributed by atoms with Crippen molar-refractivity contribution in [3.63, 3.8) is 0 Å². The molecule has 0 bridgehead atoms. The first-order valence-electron chi connectivity index (χ1n) is 8.27. The fraction of sp³-hybridized carbons (Fsp3) is 0.158. The molecule has 6 nitrogen and oxygen atoms in total. The number of nitrogens with zero attached hydrogens (tertiary/aromatic N) is 5. The average Bonchev–Trinajstić information content (AvgIpc) is 3.14. The molecule has 0 radical (unpaired) electrons. The van der Waals surface area contributed by atoms with Crippen molar-refractivity contribution in [2.24, 2.45) is 0 Å². The zero-order valence-corrected chi connectivity index (χ0v) is 13.7. The summed E-state index contributed by atoms with van der Waals surface area (Å²) in [4.78, 5) is 17.1. The average molecular weight is 330 g/mol. The van der Waals surface area contributed by atoms with E-state index in [0.717, 1.165) is 47.6 Å². The van der Waals surface area contributed by atoms with E-state index < -0.39 is 0 Å². The number of anilines is 1. The van der Waals surface area contributed by atoms with Crippen molar-refractivity contribution in [3.05, 3.63) is 67.5 Å². The Hall–Kier alpha value is -3.28. The highest BCUT2D eigenvalue weighted by Gasteiger charge is 2.06. The smallest absolute Gasteiger partial charge is 0.139 e. The molecule has 1 N–H and O–H groups in total. The van der Waals surface area contributed by atoms with Gasteiger partial charge in [0.25, 0.3) is 0 Å². The van der Waals surface area contributed by atoms with Crippen LogP contribution in [-0.4, -0.2) is 31.0 Å². The lowest BCUT2D eigenvalue weighted by Gasteiger charge is -2.10. The van der Waals surface area contributed by atoms with E-state index in [1.807, 2.05) is 36.7 Å². The van der Waals surface area contributed by atoms with Crippen molar-refractivity contribution in [1.82, 2.24) is 24.5 Å². The van der Waals surface area contributed by atoms with E-state index in [-0.39, 0.29) is 0 Å². The Balaban J connectivity index is 1.40. The highest BCUT2D eigenvalue weighted by molar-refractivity contribution is 5.87. The number of hydrogen-bond acceptors (Lipinski definition) is 5. The molecule has 3 aromatic heterocycles. The Morgan fingerprint density at radius 2 is 1.88 bits per heavy atom. The highest BCUT2D eigenvalue weighted by Crippen LogP contribution is 2.18. The Kier molecular flexibility index (Phi) is 4.33. The van der Waals surface area contributed by atoms with Crippen LogP contribution in [0.15, 0.2) is 67.5 Å². The van der Waals surface area contributed by atoms with Crippen molar-refractivity contribution < 1.29 is 0 Å². The molecule has 0 unspecified atom stereocenters. The van der Waals surface area contributed by atoms with Crippen molar-refractivity contribution in [1.29, 1.82) is 0 Å². The molecule has 6 heteroatoms. The minimum atomic E-state index is 0.820. The maximum Gasteiger partial charge on any atom is 0.139 e. The third kappa shape index (κ3) is 3.33.